The molecule has 2 aromatic rings. The van der Waals surface area contributed by atoms with Crippen molar-refractivity contribution in [3.8, 4) is 17.2 Å². The number of nitrogens with one attached hydrogen (secondary N) is 1. The molecule has 0 aromatic heterocycles. The van der Waals surface area contributed by atoms with Gasteiger partial charge in [0.05, 0.1) is 31.5 Å². The lowest BCUT2D eigenvalue weighted by Gasteiger charge is -2.13. The van der Waals surface area contributed by atoms with Crippen molar-refractivity contribution < 1.29 is 19.0 Å². The van der Waals surface area contributed by atoms with Gasteiger partial charge in [0.25, 0.3) is 0 Å². The van der Waals surface area contributed by atoms with Gasteiger partial charge in [-0.25, -0.2) is 0 Å². The number of carbonyl (C=O) groups is 1. The van der Waals surface area contributed by atoms with Gasteiger partial charge in [0.2, 0.25) is 5.91 Å². The first-order valence-corrected chi connectivity index (χ1v) is 8.39. The molecule has 0 aliphatic rings. The van der Waals surface area contributed by atoms with Crippen LogP contribution in [-0.2, 0) is 4.79 Å². The Morgan fingerprint density at radius 3 is 2.36 bits per heavy atom. The van der Waals surface area contributed by atoms with Gasteiger partial charge in [-0.15, -0.1) is 0 Å². The summed E-state index contributed by atoms with van der Waals surface area (Å²) in [6.07, 6.45) is 0.878. The fraction of sp³-hybridized carbons (Fsp3) is 0.278. The molecule has 0 radical (unpaired) electrons. The van der Waals surface area contributed by atoms with E-state index in [1.165, 1.54) is 14.2 Å². The van der Waals surface area contributed by atoms with Crippen molar-refractivity contribution in [2.24, 2.45) is 0 Å². The first-order valence-electron chi connectivity index (χ1n) is 7.63. The molecule has 134 valence electrons. The van der Waals surface area contributed by atoms with E-state index in [0.29, 0.717) is 52.4 Å². The highest BCUT2D eigenvalue weighted by Crippen LogP contribution is 2.35. The summed E-state index contributed by atoms with van der Waals surface area (Å²) in [6, 6.07) is 10.3. The van der Waals surface area contributed by atoms with Crippen LogP contribution in [0.5, 0.6) is 17.2 Å². The predicted octanol–water partition coefficient (Wildman–Crippen LogP) is 4.81. The van der Waals surface area contributed by atoms with Crippen molar-refractivity contribution in [3.05, 3.63) is 46.4 Å². The lowest BCUT2D eigenvalue weighted by atomic mass is 10.2. The minimum atomic E-state index is -0.151. The average molecular weight is 384 g/mol. The molecule has 1 N–H and O–H groups in total. The number of hydrogen-bond acceptors (Lipinski definition) is 4. The fourth-order valence-corrected chi connectivity index (χ4v) is 2.48. The molecule has 2 aromatic carbocycles. The molecule has 0 heterocycles. The van der Waals surface area contributed by atoms with Gasteiger partial charge in [0.15, 0.2) is 0 Å². The molecule has 25 heavy (non-hydrogen) atoms. The molecule has 5 nitrogen and oxygen atoms in total. The number of methoxy groups -OCH3 is 2. The van der Waals surface area contributed by atoms with E-state index in [2.05, 4.69) is 5.32 Å². The molecule has 0 unspecified atom stereocenters. The topological polar surface area (TPSA) is 56.8 Å². The van der Waals surface area contributed by atoms with E-state index in [4.69, 9.17) is 37.4 Å². The number of halogens is 2. The number of rotatable bonds is 8. The van der Waals surface area contributed by atoms with E-state index in [-0.39, 0.29) is 5.91 Å². The van der Waals surface area contributed by atoms with Crippen molar-refractivity contribution in [1.29, 1.82) is 0 Å². The van der Waals surface area contributed by atoms with Gasteiger partial charge < -0.3 is 19.5 Å². The maximum Gasteiger partial charge on any atom is 0.224 e. The van der Waals surface area contributed by atoms with Crippen molar-refractivity contribution in [2.75, 3.05) is 26.1 Å². The summed E-state index contributed by atoms with van der Waals surface area (Å²) < 4.78 is 15.9. The molecule has 0 bridgehead atoms. The normalized spacial score (nSPS) is 10.2. The molecular formula is C18H19Cl2NO4. The van der Waals surface area contributed by atoms with Crippen LogP contribution in [0, 0.1) is 0 Å². The van der Waals surface area contributed by atoms with Crippen LogP contribution in [-0.4, -0.2) is 26.7 Å². The second-order valence-electron chi connectivity index (χ2n) is 5.14. The van der Waals surface area contributed by atoms with Crippen LogP contribution < -0.4 is 19.5 Å². The summed E-state index contributed by atoms with van der Waals surface area (Å²) in [4.78, 5) is 12.1. The maximum atomic E-state index is 12.1. The third kappa shape index (κ3) is 5.73. The molecule has 0 aliphatic heterocycles. The summed E-state index contributed by atoms with van der Waals surface area (Å²) in [5.74, 6) is 1.50. The zero-order valence-corrected chi connectivity index (χ0v) is 15.5. The molecule has 2 rings (SSSR count). The van der Waals surface area contributed by atoms with Gasteiger partial charge >= 0.3 is 0 Å². The fourth-order valence-electron chi connectivity index (χ4n) is 2.12. The van der Waals surface area contributed by atoms with Crippen molar-refractivity contribution >= 4 is 34.8 Å². The van der Waals surface area contributed by atoms with E-state index < -0.39 is 0 Å². The first kappa shape index (κ1) is 19.2. The highest BCUT2D eigenvalue weighted by molar-refractivity contribution is 6.32. The standard InChI is InChI=1S/C18H19Cl2NO4/c1-23-16-11-15(17(24-2)10-14(16)20)21-18(22)4-3-9-25-13-7-5-12(19)6-8-13/h5-8,10-11H,3-4,9H2,1-2H3,(H,21,22). The largest absolute Gasteiger partial charge is 0.495 e. The van der Waals surface area contributed by atoms with Crippen molar-refractivity contribution in [2.45, 2.75) is 12.8 Å². The van der Waals surface area contributed by atoms with Gasteiger partial charge in [-0.3, -0.25) is 4.79 Å². The lowest BCUT2D eigenvalue weighted by molar-refractivity contribution is -0.116. The van der Waals surface area contributed by atoms with E-state index >= 15 is 0 Å². The van der Waals surface area contributed by atoms with E-state index in [9.17, 15) is 4.79 Å². The molecule has 0 fully saturated rings. The zero-order valence-electron chi connectivity index (χ0n) is 14.0. The van der Waals surface area contributed by atoms with E-state index in [1.807, 2.05) is 0 Å². The third-order valence-corrected chi connectivity index (χ3v) is 3.93. The Labute approximate surface area is 156 Å². The van der Waals surface area contributed by atoms with Crippen LogP contribution in [0.4, 0.5) is 5.69 Å². The Hall–Kier alpha value is -2.11. The molecule has 0 saturated carbocycles. The van der Waals surface area contributed by atoms with E-state index in [0.717, 1.165) is 0 Å². The number of carbonyl (C=O) groups excluding carboxylic acids is 1. The second kappa shape index (κ2) is 9.39. The van der Waals surface area contributed by atoms with Gasteiger partial charge in [-0.2, -0.15) is 0 Å². The molecule has 0 spiro atoms. The van der Waals surface area contributed by atoms with Crippen LogP contribution in [0.25, 0.3) is 0 Å². The number of amides is 1. The molecule has 7 heteroatoms. The summed E-state index contributed by atoms with van der Waals surface area (Å²) in [6.45, 7) is 0.427. The Kier molecular flexibility index (Phi) is 7.22. The summed E-state index contributed by atoms with van der Waals surface area (Å²) in [7, 11) is 3.02. The van der Waals surface area contributed by atoms with Crippen LogP contribution >= 0.6 is 23.2 Å². The maximum absolute atomic E-state index is 12.1. The quantitative estimate of drug-likeness (QED) is 0.664. The van der Waals surface area contributed by atoms with Gasteiger partial charge in [0.1, 0.15) is 17.2 Å². The Morgan fingerprint density at radius 1 is 1.04 bits per heavy atom. The van der Waals surface area contributed by atoms with Gasteiger partial charge in [-0.1, -0.05) is 23.2 Å². The minimum absolute atomic E-state index is 0.151. The molecule has 0 saturated heterocycles. The minimum Gasteiger partial charge on any atom is -0.495 e. The van der Waals surface area contributed by atoms with Crippen molar-refractivity contribution in [3.63, 3.8) is 0 Å². The Balaban J connectivity index is 1.84. The SMILES string of the molecule is COc1cc(NC(=O)CCCOc2ccc(Cl)cc2)c(OC)cc1Cl. The van der Waals surface area contributed by atoms with E-state index in [1.54, 1.807) is 36.4 Å². The Morgan fingerprint density at radius 2 is 1.72 bits per heavy atom. The third-order valence-electron chi connectivity index (χ3n) is 3.38. The van der Waals surface area contributed by atoms with Crippen LogP contribution in [0.3, 0.4) is 0 Å². The van der Waals surface area contributed by atoms with Crippen LogP contribution in [0.2, 0.25) is 10.0 Å². The summed E-state index contributed by atoms with van der Waals surface area (Å²) in [5.41, 5.74) is 0.507. The summed E-state index contributed by atoms with van der Waals surface area (Å²) in [5, 5.41) is 3.86. The van der Waals surface area contributed by atoms with Crippen LogP contribution in [0.1, 0.15) is 12.8 Å². The average Bonchev–Trinajstić information content (AvgIpc) is 2.61. The monoisotopic (exact) mass is 383 g/mol. The number of hydrogen-bond donors (Lipinski definition) is 1. The predicted molar refractivity (Wildman–Crippen MR) is 99.4 cm³/mol. The number of ether oxygens (including phenoxy) is 3. The number of benzene rings is 2. The highest BCUT2D eigenvalue weighted by atomic mass is 35.5. The van der Waals surface area contributed by atoms with Crippen molar-refractivity contribution in [1.82, 2.24) is 0 Å². The smallest absolute Gasteiger partial charge is 0.224 e. The lowest BCUT2D eigenvalue weighted by Crippen LogP contribution is -2.13. The summed E-state index contributed by atoms with van der Waals surface area (Å²) >= 11 is 11.9. The second-order valence-corrected chi connectivity index (χ2v) is 5.98. The first-order chi connectivity index (χ1) is 12.0. The zero-order chi connectivity index (χ0) is 18.2. The van der Waals surface area contributed by atoms with Crippen LogP contribution in [0.15, 0.2) is 36.4 Å². The van der Waals surface area contributed by atoms with Gasteiger partial charge in [-0.05, 0) is 30.7 Å². The van der Waals surface area contributed by atoms with Gasteiger partial charge in [0, 0.05) is 23.6 Å². The molecular weight excluding hydrogens is 365 g/mol. The molecule has 1 amide bonds. The molecule has 0 atom stereocenters. The highest BCUT2D eigenvalue weighted by Gasteiger charge is 2.12. The molecule has 0 aliphatic carbocycles. The number of anilines is 1. The Bertz CT molecular complexity index is 720.